The van der Waals surface area contributed by atoms with Crippen LogP contribution in [0.5, 0.6) is 0 Å². The van der Waals surface area contributed by atoms with Gasteiger partial charge in [-0.25, -0.2) is 0 Å². The van der Waals surface area contributed by atoms with Gasteiger partial charge < -0.3 is 5.32 Å². The third-order valence-electron chi connectivity index (χ3n) is 2.68. The fourth-order valence-corrected chi connectivity index (χ4v) is 2.04. The molecular formula is C13H11BrClN3O2. The Morgan fingerprint density at radius 3 is 2.75 bits per heavy atom. The van der Waals surface area contributed by atoms with Gasteiger partial charge in [0.1, 0.15) is 5.69 Å². The predicted molar refractivity (Wildman–Crippen MR) is 80.5 cm³/mol. The molecule has 2 rings (SSSR count). The van der Waals surface area contributed by atoms with Crippen LogP contribution in [0.3, 0.4) is 0 Å². The molecule has 1 aromatic heterocycles. The van der Waals surface area contributed by atoms with Gasteiger partial charge in [0.05, 0.1) is 11.0 Å². The molecule has 104 valence electrons. The molecule has 0 unspecified atom stereocenters. The Kier molecular flexibility index (Phi) is 4.57. The van der Waals surface area contributed by atoms with E-state index < -0.39 is 0 Å². The van der Waals surface area contributed by atoms with Gasteiger partial charge in [0.25, 0.3) is 0 Å². The van der Waals surface area contributed by atoms with E-state index in [9.17, 15) is 9.59 Å². The van der Waals surface area contributed by atoms with Crippen LogP contribution >= 0.6 is 27.5 Å². The zero-order valence-corrected chi connectivity index (χ0v) is 12.9. The molecule has 1 N–H and O–H groups in total. The van der Waals surface area contributed by atoms with Crippen LogP contribution in [0.4, 0.5) is 5.69 Å². The Hall–Kier alpha value is -1.66. The Morgan fingerprint density at radius 1 is 1.40 bits per heavy atom. The number of anilines is 1. The number of carbonyl (C=O) groups excluding carboxylic acids is 2. The number of nitrogens with zero attached hydrogens (tertiary/aromatic N) is 2. The fourth-order valence-electron chi connectivity index (χ4n) is 1.73. The highest BCUT2D eigenvalue weighted by Gasteiger charge is 2.18. The first-order chi connectivity index (χ1) is 9.52. The van der Waals surface area contributed by atoms with Crippen LogP contribution < -0.4 is 5.32 Å². The fraction of sp³-hybridized carbons (Fsp3) is 0.154. The second kappa shape index (κ2) is 6.19. The summed E-state index contributed by atoms with van der Waals surface area (Å²) in [5, 5.41) is 7.19. The highest BCUT2D eigenvalue weighted by molar-refractivity contribution is 9.09. The van der Waals surface area contributed by atoms with E-state index in [2.05, 4.69) is 26.3 Å². The smallest absolute Gasteiger partial charge is 0.235 e. The number of carbonyl (C=O) groups is 2. The van der Waals surface area contributed by atoms with Gasteiger partial charge in [-0.05, 0) is 24.3 Å². The van der Waals surface area contributed by atoms with Crippen molar-refractivity contribution in [3.05, 3.63) is 46.7 Å². The van der Waals surface area contributed by atoms with Crippen LogP contribution in [0.25, 0.3) is 0 Å². The first-order valence-electron chi connectivity index (χ1n) is 5.71. The summed E-state index contributed by atoms with van der Waals surface area (Å²) in [6.07, 6.45) is 1.54. The van der Waals surface area contributed by atoms with Gasteiger partial charge in [-0.1, -0.05) is 27.5 Å². The van der Waals surface area contributed by atoms with Crippen molar-refractivity contribution in [1.82, 2.24) is 9.78 Å². The summed E-state index contributed by atoms with van der Waals surface area (Å²) in [5.41, 5.74) is 1.17. The Bertz CT molecular complexity index is 669. The first kappa shape index (κ1) is 14.7. The number of ketones is 1. The number of amides is 1. The Labute approximate surface area is 129 Å². The summed E-state index contributed by atoms with van der Waals surface area (Å²) in [4.78, 5) is 24.0. The summed E-state index contributed by atoms with van der Waals surface area (Å²) < 4.78 is 1.47. The van der Waals surface area contributed by atoms with E-state index in [0.29, 0.717) is 22.0 Å². The lowest BCUT2D eigenvalue weighted by Crippen LogP contribution is -2.16. The second-order valence-electron chi connectivity index (χ2n) is 4.04. The normalized spacial score (nSPS) is 10.3. The SMILES string of the molecule is Cn1nccc1C(=O)c1cc(Cl)ccc1NC(=O)CBr. The Balaban J connectivity index is 2.44. The van der Waals surface area contributed by atoms with Crippen molar-refractivity contribution in [3.8, 4) is 0 Å². The van der Waals surface area contributed by atoms with Crippen LogP contribution in [-0.2, 0) is 11.8 Å². The third-order valence-corrected chi connectivity index (χ3v) is 3.42. The monoisotopic (exact) mass is 355 g/mol. The van der Waals surface area contributed by atoms with Crippen molar-refractivity contribution in [2.24, 2.45) is 7.05 Å². The van der Waals surface area contributed by atoms with E-state index in [-0.39, 0.29) is 17.0 Å². The molecule has 1 heterocycles. The molecular weight excluding hydrogens is 346 g/mol. The molecule has 0 aliphatic heterocycles. The van der Waals surface area contributed by atoms with Gasteiger partial charge >= 0.3 is 0 Å². The highest BCUT2D eigenvalue weighted by Crippen LogP contribution is 2.23. The quantitative estimate of drug-likeness (QED) is 0.676. The lowest BCUT2D eigenvalue weighted by Gasteiger charge is -2.10. The van der Waals surface area contributed by atoms with Crippen molar-refractivity contribution >= 4 is 44.9 Å². The first-order valence-corrected chi connectivity index (χ1v) is 7.21. The molecule has 0 saturated carbocycles. The standard InChI is InChI=1S/C13H11BrClN3O2/c1-18-11(4-5-16-18)13(20)9-6-8(15)2-3-10(9)17-12(19)7-14/h2-6H,7H2,1H3,(H,17,19). The molecule has 0 radical (unpaired) electrons. The Morgan fingerprint density at radius 2 is 2.15 bits per heavy atom. The molecule has 0 aliphatic carbocycles. The maximum absolute atomic E-state index is 12.5. The average Bonchev–Trinajstić information content (AvgIpc) is 2.86. The van der Waals surface area contributed by atoms with Crippen LogP contribution in [0.1, 0.15) is 16.1 Å². The topological polar surface area (TPSA) is 64.0 Å². The number of halogens is 2. The minimum absolute atomic E-state index is 0.148. The van der Waals surface area contributed by atoms with Gasteiger partial charge in [0.15, 0.2) is 0 Å². The molecule has 0 spiro atoms. The molecule has 0 fully saturated rings. The number of benzene rings is 1. The van der Waals surface area contributed by atoms with Gasteiger partial charge in [0, 0.05) is 23.8 Å². The van der Waals surface area contributed by atoms with E-state index in [1.54, 1.807) is 25.2 Å². The molecule has 0 saturated heterocycles. The van der Waals surface area contributed by atoms with E-state index in [0.717, 1.165) is 0 Å². The number of nitrogens with one attached hydrogen (secondary N) is 1. The zero-order valence-electron chi connectivity index (χ0n) is 10.6. The minimum atomic E-state index is -0.252. The van der Waals surface area contributed by atoms with Gasteiger partial charge in [0.2, 0.25) is 11.7 Å². The second-order valence-corrected chi connectivity index (χ2v) is 5.04. The molecule has 0 atom stereocenters. The van der Waals surface area contributed by atoms with Crippen LogP contribution in [0, 0.1) is 0 Å². The van der Waals surface area contributed by atoms with Crippen molar-refractivity contribution in [2.75, 3.05) is 10.6 Å². The molecule has 7 heteroatoms. The summed E-state index contributed by atoms with van der Waals surface area (Å²) in [6, 6.07) is 6.36. The molecule has 1 amide bonds. The van der Waals surface area contributed by atoms with E-state index in [1.807, 2.05) is 0 Å². The third kappa shape index (κ3) is 3.08. The summed E-state index contributed by atoms with van der Waals surface area (Å²) in [7, 11) is 1.68. The maximum atomic E-state index is 12.5. The molecule has 1 aromatic carbocycles. The average molecular weight is 357 g/mol. The number of aromatic nitrogens is 2. The van der Waals surface area contributed by atoms with Gasteiger partial charge in [-0.15, -0.1) is 0 Å². The van der Waals surface area contributed by atoms with Crippen molar-refractivity contribution < 1.29 is 9.59 Å². The molecule has 2 aromatic rings. The van der Waals surface area contributed by atoms with Crippen molar-refractivity contribution in [2.45, 2.75) is 0 Å². The molecule has 0 bridgehead atoms. The number of hydrogen-bond acceptors (Lipinski definition) is 3. The number of alkyl halides is 1. The number of hydrogen-bond donors (Lipinski definition) is 1. The predicted octanol–water partition coefficient (Wildman–Crippen LogP) is 2.64. The van der Waals surface area contributed by atoms with E-state index in [1.165, 1.54) is 16.9 Å². The number of aryl methyl sites for hydroxylation is 1. The molecule has 0 aliphatic rings. The highest BCUT2D eigenvalue weighted by atomic mass is 79.9. The molecule has 20 heavy (non-hydrogen) atoms. The summed E-state index contributed by atoms with van der Waals surface area (Å²) in [5.74, 6) is -0.497. The van der Waals surface area contributed by atoms with Crippen LogP contribution in [0.15, 0.2) is 30.5 Å². The van der Waals surface area contributed by atoms with Gasteiger partial charge in [-0.2, -0.15) is 5.10 Å². The maximum Gasteiger partial charge on any atom is 0.235 e. The molecule has 5 nitrogen and oxygen atoms in total. The van der Waals surface area contributed by atoms with Crippen molar-refractivity contribution in [3.63, 3.8) is 0 Å². The van der Waals surface area contributed by atoms with Crippen molar-refractivity contribution in [1.29, 1.82) is 0 Å². The van der Waals surface area contributed by atoms with E-state index in [4.69, 9.17) is 11.6 Å². The lowest BCUT2D eigenvalue weighted by molar-refractivity contribution is -0.113. The summed E-state index contributed by atoms with van der Waals surface area (Å²) in [6.45, 7) is 0. The zero-order chi connectivity index (χ0) is 14.7. The summed E-state index contributed by atoms with van der Waals surface area (Å²) >= 11 is 9.00. The van der Waals surface area contributed by atoms with Crippen LogP contribution in [-0.4, -0.2) is 26.8 Å². The largest absolute Gasteiger partial charge is 0.325 e. The van der Waals surface area contributed by atoms with E-state index >= 15 is 0 Å². The van der Waals surface area contributed by atoms with Gasteiger partial charge in [-0.3, -0.25) is 14.3 Å². The minimum Gasteiger partial charge on any atom is -0.325 e. The number of rotatable bonds is 4. The van der Waals surface area contributed by atoms with Crippen LogP contribution in [0.2, 0.25) is 5.02 Å². The lowest BCUT2D eigenvalue weighted by atomic mass is 10.1.